The summed E-state index contributed by atoms with van der Waals surface area (Å²) in [7, 11) is 1.61. The molecule has 1 fully saturated rings. The van der Waals surface area contributed by atoms with Crippen molar-refractivity contribution in [1.82, 2.24) is 23.9 Å². The number of aryl methyl sites for hydroxylation is 1. The molecule has 1 saturated heterocycles. The molecule has 0 bridgehead atoms. The fraction of sp³-hybridized carbons (Fsp3) is 0.258. The Balaban J connectivity index is 1.08. The van der Waals surface area contributed by atoms with Gasteiger partial charge in [-0.15, -0.1) is 0 Å². The largest absolute Gasteiger partial charge is 0.493 e. The van der Waals surface area contributed by atoms with Crippen molar-refractivity contribution in [2.45, 2.75) is 12.1 Å². The van der Waals surface area contributed by atoms with Gasteiger partial charge < -0.3 is 24.7 Å². The van der Waals surface area contributed by atoms with Crippen LogP contribution in [0.15, 0.2) is 90.4 Å². The summed E-state index contributed by atoms with van der Waals surface area (Å²) in [5.41, 5.74) is 1.44. The standard InChI is InChI=1S/C31H31Cl2N7O4/c1-36-17-29(41)40(30(36)42)25-5-3-23(4-6-25)37-12-14-38(15-13-37)24-7-9-26(10-8-24)44-19-31(43,18-39-21-34-20-35-39)27-11-2-22(32)16-28(27)33/h2-11,16-17,20-21,41,43H,12-15,18-19H2,1H3. The van der Waals surface area contributed by atoms with Gasteiger partial charge >= 0.3 is 5.69 Å². The molecular weight excluding hydrogens is 605 g/mol. The van der Waals surface area contributed by atoms with Crippen molar-refractivity contribution in [3.8, 4) is 17.3 Å². The number of anilines is 2. The number of imidazole rings is 1. The van der Waals surface area contributed by atoms with Crippen molar-refractivity contribution in [1.29, 1.82) is 0 Å². The third-order valence-corrected chi connectivity index (χ3v) is 8.33. The third kappa shape index (κ3) is 6.12. The Bertz CT molecular complexity index is 1780. The van der Waals surface area contributed by atoms with E-state index >= 15 is 0 Å². The van der Waals surface area contributed by atoms with Crippen LogP contribution in [0.3, 0.4) is 0 Å². The first-order valence-corrected chi connectivity index (χ1v) is 14.8. The van der Waals surface area contributed by atoms with E-state index in [2.05, 4.69) is 19.9 Å². The highest BCUT2D eigenvalue weighted by atomic mass is 35.5. The van der Waals surface area contributed by atoms with Crippen LogP contribution in [-0.2, 0) is 19.2 Å². The van der Waals surface area contributed by atoms with Gasteiger partial charge in [0, 0.05) is 60.2 Å². The maximum atomic E-state index is 12.3. The second-order valence-electron chi connectivity index (χ2n) is 10.7. The molecule has 3 aromatic carbocycles. The number of piperazine rings is 1. The summed E-state index contributed by atoms with van der Waals surface area (Å²) in [4.78, 5) is 20.9. The van der Waals surface area contributed by atoms with Crippen LogP contribution in [0, 0.1) is 0 Å². The SMILES string of the molecule is Cn1cc(O)n(-c2ccc(N3CCN(c4ccc(OCC(O)(Cn5cncn5)c5ccc(Cl)cc5Cl)cc4)CC3)cc2)c1=O. The maximum absolute atomic E-state index is 12.3. The minimum absolute atomic E-state index is 0.0659. The van der Waals surface area contributed by atoms with Crippen molar-refractivity contribution in [2.24, 2.45) is 7.05 Å². The first-order valence-electron chi connectivity index (χ1n) is 14.0. The molecule has 0 aliphatic carbocycles. The van der Waals surface area contributed by atoms with E-state index in [-0.39, 0.29) is 24.7 Å². The van der Waals surface area contributed by atoms with Gasteiger partial charge in [0.15, 0.2) is 0 Å². The summed E-state index contributed by atoms with van der Waals surface area (Å²) in [5, 5.41) is 26.7. The second kappa shape index (κ2) is 12.3. The van der Waals surface area contributed by atoms with Crippen molar-refractivity contribution in [3.63, 3.8) is 0 Å². The lowest BCUT2D eigenvalue weighted by Gasteiger charge is -2.37. The molecule has 11 nitrogen and oxygen atoms in total. The van der Waals surface area contributed by atoms with Crippen LogP contribution < -0.4 is 20.2 Å². The topological polar surface area (TPSA) is 114 Å². The number of nitrogens with zero attached hydrogens (tertiary/aromatic N) is 7. The van der Waals surface area contributed by atoms with Crippen LogP contribution in [0.25, 0.3) is 5.69 Å². The Kier molecular flexibility index (Phi) is 8.26. The van der Waals surface area contributed by atoms with Crippen molar-refractivity contribution >= 4 is 34.6 Å². The molecule has 2 aromatic heterocycles. The summed E-state index contributed by atoms with van der Waals surface area (Å²) >= 11 is 12.5. The molecule has 1 unspecified atom stereocenters. The summed E-state index contributed by atoms with van der Waals surface area (Å²) in [5.74, 6) is 0.516. The van der Waals surface area contributed by atoms with Crippen LogP contribution in [0.5, 0.6) is 11.6 Å². The molecule has 1 aliphatic rings. The Morgan fingerprint density at radius 1 is 0.909 bits per heavy atom. The van der Waals surface area contributed by atoms with E-state index in [4.69, 9.17) is 27.9 Å². The quantitative estimate of drug-likeness (QED) is 0.249. The third-order valence-electron chi connectivity index (χ3n) is 7.79. The Labute approximate surface area is 263 Å². The lowest BCUT2D eigenvalue weighted by Crippen LogP contribution is -2.46. The number of rotatable bonds is 9. The molecule has 228 valence electrons. The zero-order valence-corrected chi connectivity index (χ0v) is 25.4. The first-order chi connectivity index (χ1) is 21.2. The number of aromatic hydroxyl groups is 1. The zero-order chi connectivity index (χ0) is 30.8. The highest BCUT2D eigenvalue weighted by Gasteiger charge is 2.34. The first kappa shape index (κ1) is 29.6. The monoisotopic (exact) mass is 635 g/mol. The number of halogens is 2. The molecule has 2 N–H and O–H groups in total. The minimum Gasteiger partial charge on any atom is -0.493 e. The fourth-order valence-electron chi connectivity index (χ4n) is 5.43. The molecule has 0 radical (unpaired) electrons. The van der Waals surface area contributed by atoms with E-state index in [1.54, 1.807) is 25.2 Å². The molecule has 0 amide bonds. The molecule has 6 rings (SSSR count). The van der Waals surface area contributed by atoms with Crippen LogP contribution in [0.2, 0.25) is 10.0 Å². The van der Waals surface area contributed by atoms with Gasteiger partial charge in [0.1, 0.15) is 30.6 Å². The van der Waals surface area contributed by atoms with Gasteiger partial charge in [-0.25, -0.2) is 19.0 Å². The van der Waals surface area contributed by atoms with Gasteiger partial charge in [0.05, 0.1) is 18.4 Å². The second-order valence-corrected chi connectivity index (χ2v) is 11.6. The average Bonchev–Trinajstić information content (AvgIpc) is 3.62. The summed E-state index contributed by atoms with van der Waals surface area (Å²) in [6, 6.07) is 20.4. The molecule has 1 atom stereocenters. The lowest BCUT2D eigenvalue weighted by atomic mass is 9.94. The highest BCUT2D eigenvalue weighted by Crippen LogP contribution is 2.33. The number of ether oxygens (including phenoxy) is 1. The molecule has 44 heavy (non-hydrogen) atoms. The number of aliphatic hydroxyl groups is 1. The van der Waals surface area contributed by atoms with Gasteiger partial charge in [-0.05, 0) is 60.7 Å². The maximum Gasteiger partial charge on any atom is 0.335 e. The van der Waals surface area contributed by atoms with E-state index in [0.29, 0.717) is 27.0 Å². The van der Waals surface area contributed by atoms with E-state index in [1.165, 1.54) is 32.7 Å². The minimum atomic E-state index is -1.49. The molecule has 1 aliphatic heterocycles. The van der Waals surface area contributed by atoms with Crippen molar-refractivity contribution < 1.29 is 14.9 Å². The predicted octanol–water partition coefficient (Wildman–Crippen LogP) is 4.07. The zero-order valence-electron chi connectivity index (χ0n) is 23.9. The van der Waals surface area contributed by atoms with Crippen molar-refractivity contribution in [3.05, 3.63) is 112 Å². The van der Waals surface area contributed by atoms with E-state index in [1.807, 2.05) is 48.5 Å². The number of hydrogen-bond acceptors (Lipinski definition) is 8. The Morgan fingerprint density at radius 2 is 1.52 bits per heavy atom. The predicted molar refractivity (Wildman–Crippen MR) is 169 cm³/mol. The molecule has 0 saturated carbocycles. The van der Waals surface area contributed by atoms with Crippen LogP contribution in [0.1, 0.15) is 5.56 Å². The van der Waals surface area contributed by atoms with E-state index in [0.717, 1.165) is 37.6 Å². The van der Waals surface area contributed by atoms with E-state index in [9.17, 15) is 15.0 Å². The van der Waals surface area contributed by atoms with Gasteiger partial charge in [-0.1, -0.05) is 29.3 Å². The smallest absolute Gasteiger partial charge is 0.335 e. The van der Waals surface area contributed by atoms with Crippen molar-refractivity contribution in [2.75, 3.05) is 42.6 Å². The van der Waals surface area contributed by atoms with Crippen LogP contribution >= 0.6 is 23.2 Å². The summed E-state index contributed by atoms with van der Waals surface area (Å²) in [6.45, 7) is 3.33. The number of aromatic nitrogens is 5. The number of hydrogen-bond donors (Lipinski definition) is 2. The molecule has 13 heteroatoms. The van der Waals surface area contributed by atoms with E-state index < -0.39 is 5.60 Å². The van der Waals surface area contributed by atoms with Crippen LogP contribution in [-0.4, -0.2) is 66.9 Å². The number of benzene rings is 3. The van der Waals surface area contributed by atoms with Gasteiger partial charge in [-0.2, -0.15) is 5.10 Å². The van der Waals surface area contributed by atoms with Gasteiger partial charge in [0.2, 0.25) is 5.88 Å². The fourth-order valence-corrected chi connectivity index (χ4v) is 6.02. The van der Waals surface area contributed by atoms with Crippen LogP contribution in [0.4, 0.5) is 11.4 Å². The highest BCUT2D eigenvalue weighted by molar-refractivity contribution is 6.35. The normalized spacial score (nSPS) is 14.9. The summed E-state index contributed by atoms with van der Waals surface area (Å²) < 4.78 is 10.2. The Morgan fingerprint density at radius 3 is 2.07 bits per heavy atom. The molecule has 3 heterocycles. The van der Waals surface area contributed by atoms with Gasteiger partial charge in [-0.3, -0.25) is 4.57 Å². The molecular formula is C31H31Cl2N7O4. The lowest BCUT2D eigenvalue weighted by molar-refractivity contribution is -0.0269. The summed E-state index contributed by atoms with van der Waals surface area (Å²) in [6.07, 6.45) is 4.32. The molecule has 5 aromatic rings. The average molecular weight is 637 g/mol. The van der Waals surface area contributed by atoms with Gasteiger partial charge in [0.25, 0.3) is 0 Å². The Hall–Kier alpha value is -4.45. The molecule has 0 spiro atoms.